The van der Waals surface area contributed by atoms with Crippen LogP contribution in [0.1, 0.15) is 12.8 Å². The summed E-state index contributed by atoms with van der Waals surface area (Å²) in [7, 11) is 1.64. The number of nitrogens with one attached hydrogen (secondary N) is 1. The Bertz CT molecular complexity index is 1370. The minimum Gasteiger partial charge on any atom is -0.493 e. The molecule has 0 saturated carbocycles. The molecule has 4 heterocycles. The first-order chi connectivity index (χ1) is 17.8. The van der Waals surface area contributed by atoms with Gasteiger partial charge in [-0.15, -0.1) is 5.10 Å². The Morgan fingerprint density at radius 1 is 0.972 bits per heavy atom. The SMILES string of the molecule is COc1cc(Nc2nc3ccnc(-c4ccc5c(c4)OCCO5)n3n2)ccc1OCCN1CCCC1. The zero-order valence-electron chi connectivity index (χ0n) is 20.1. The minimum atomic E-state index is 0.451. The predicted molar refractivity (Wildman–Crippen MR) is 135 cm³/mol. The summed E-state index contributed by atoms with van der Waals surface area (Å²) in [6, 6.07) is 13.3. The van der Waals surface area contributed by atoms with Gasteiger partial charge in [-0.05, 0) is 56.3 Å². The third kappa shape index (κ3) is 4.59. The number of nitrogens with zero attached hydrogens (tertiary/aromatic N) is 5. The first-order valence-corrected chi connectivity index (χ1v) is 12.2. The van der Waals surface area contributed by atoms with Crippen LogP contribution in [0, 0.1) is 0 Å². The molecule has 0 spiro atoms. The Morgan fingerprint density at radius 2 is 1.83 bits per heavy atom. The zero-order chi connectivity index (χ0) is 24.3. The smallest absolute Gasteiger partial charge is 0.247 e. The van der Waals surface area contributed by atoms with E-state index in [9.17, 15) is 0 Å². The molecule has 0 unspecified atom stereocenters. The number of anilines is 2. The topological polar surface area (TPSA) is 95.3 Å². The van der Waals surface area contributed by atoms with Crippen molar-refractivity contribution in [2.45, 2.75) is 12.8 Å². The van der Waals surface area contributed by atoms with Crippen molar-refractivity contribution < 1.29 is 18.9 Å². The van der Waals surface area contributed by atoms with E-state index < -0.39 is 0 Å². The summed E-state index contributed by atoms with van der Waals surface area (Å²) in [5, 5.41) is 7.92. The number of likely N-dealkylation sites (tertiary alicyclic amines) is 1. The maximum atomic E-state index is 5.99. The van der Waals surface area contributed by atoms with Crippen LogP contribution in [0.15, 0.2) is 48.7 Å². The molecule has 6 rings (SSSR count). The Balaban J connectivity index is 1.20. The molecule has 10 nitrogen and oxygen atoms in total. The fourth-order valence-corrected chi connectivity index (χ4v) is 4.53. The molecule has 0 bridgehead atoms. The highest BCUT2D eigenvalue weighted by Gasteiger charge is 2.17. The average molecular weight is 489 g/mol. The number of benzene rings is 2. The van der Waals surface area contributed by atoms with Crippen molar-refractivity contribution in [3.63, 3.8) is 0 Å². The van der Waals surface area contributed by atoms with Crippen LogP contribution in [-0.4, -0.2) is 71.0 Å². The third-order valence-electron chi connectivity index (χ3n) is 6.34. The van der Waals surface area contributed by atoms with Gasteiger partial charge >= 0.3 is 0 Å². The lowest BCUT2D eigenvalue weighted by atomic mass is 10.2. The summed E-state index contributed by atoms with van der Waals surface area (Å²) >= 11 is 0. The van der Waals surface area contributed by atoms with Gasteiger partial charge < -0.3 is 24.3 Å². The molecule has 1 saturated heterocycles. The lowest BCUT2D eigenvalue weighted by Crippen LogP contribution is -2.25. The molecular formula is C26H28N6O4. The van der Waals surface area contributed by atoms with Crippen LogP contribution in [0.5, 0.6) is 23.0 Å². The van der Waals surface area contributed by atoms with Gasteiger partial charge in [-0.25, -0.2) is 4.98 Å². The Kier molecular flexibility index (Phi) is 6.17. The Morgan fingerprint density at radius 3 is 2.69 bits per heavy atom. The third-order valence-corrected chi connectivity index (χ3v) is 6.34. The van der Waals surface area contributed by atoms with E-state index >= 15 is 0 Å². The molecule has 1 fully saturated rings. The van der Waals surface area contributed by atoms with E-state index in [-0.39, 0.29) is 0 Å². The molecule has 10 heteroatoms. The second-order valence-corrected chi connectivity index (χ2v) is 8.72. The summed E-state index contributed by atoms with van der Waals surface area (Å²) in [6.45, 7) is 4.94. The summed E-state index contributed by atoms with van der Waals surface area (Å²) in [5.74, 6) is 3.91. The molecule has 0 aliphatic carbocycles. The van der Waals surface area contributed by atoms with Crippen LogP contribution in [-0.2, 0) is 0 Å². The van der Waals surface area contributed by atoms with Gasteiger partial charge in [0.1, 0.15) is 19.8 Å². The van der Waals surface area contributed by atoms with Crippen molar-refractivity contribution in [1.29, 1.82) is 0 Å². The Labute approximate surface area is 208 Å². The van der Waals surface area contributed by atoms with Crippen LogP contribution in [0.4, 0.5) is 11.6 Å². The second kappa shape index (κ2) is 9.90. The van der Waals surface area contributed by atoms with Crippen molar-refractivity contribution in [1.82, 2.24) is 24.5 Å². The zero-order valence-corrected chi connectivity index (χ0v) is 20.1. The van der Waals surface area contributed by atoms with E-state index in [2.05, 4.69) is 25.3 Å². The number of methoxy groups -OCH3 is 1. The van der Waals surface area contributed by atoms with Crippen LogP contribution in [0.25, 0.3) is 17.0 Å². The van der Waals surface area contributed by atoms with Crippen molar-refractivity contribution in [2.24, 2.45) is 0 Å². The highest BCUT2D eigenvalue weighted by molar-refractivity contribution is 5.65. The molecule has 0 atom stereocenters. The van der Waals surface area contributed by atoms with Gasteiger partial charge in [0, 0.05) is 36.1 Å². The average Bonchev–Trinajstić information content (AvgIpc) is 3.58. The number of hydrogen-bond acceptors (Lipinski definition) is 9. The van der Waals surface area contributed by atoms with E-state index in [1.807, 2.05) is 42.5 Å². The van der Waals surface area contributed by atoms with Gasteiger partial charge in [0.05, 0.1) is 7.11 Å². The van der Waals surface area contributed by atoms with Crippen molar-refractivity contribution in [2.75, 3.05) is 51.9 Å². The molecule has 0 radical (unpaired) electrons. The van der Waals surface area contributed by atoms with Gasteiger partial charge in [-0.2, -0.15) is 9.50 Å². The van der Waals surface area contributed by atoms with Crippen LogP contribution < -0.4 is 24.3 Å². The quantitative estimate of drug-likeness (QED) is 0.397. The summed E-state index contributed by atoms with van der Waals surface area (Å²) < 4.78 is 24.6. The van der Waals surface area contributed by atoms with Crippen LogP contribution >= 0.6 is 0 Å². The number of aromatic nitrogens is 4. The monoisotopic (exact) mass is 488 g/mol. The van der Waals surface area contributed by atoms with E-state index in [1.165, 1.54) is 12.8 Å². The van der Waals surface area contributed by atoms with Gasteiger partial charge in [0.15, 0.2) is 34.5 Å². The molecule has 36 heavy (non-hydrogen) atoms. The Hall–Kier alpha value is -4.05. The van der Waals surface area contributed by atoms with Crippen molar-refractivity contribution in [3.8, 4) is 34.4 Å². The minimum absolute atomic E-state index is 0.451. The van der Waals surface area contributed by atoms with E-state index in [1.54, 1.807) is 17.8 Å². The normalized spacial score (nSPS) is 15.2. The maximum absolute atomic E-state index is 5.99. The largest absolute Gasteiger partial charge is 0.493 e. The highest BCUT2D eigenvalue weighted by atomic mass is 16.6. The van der Waals surface area contributed by atoms with Gasteiger partial charge in [0.25, 0.3) is 0 Å². The molecule has 2 aromatic carbocycles. The van der Waals surface area contributed by atoms with E-state index in [4.69, 9.17) is 18.9 Å². The van der Waals surface area contributed by atoms with Crippen LogP contribution in [0.2, 0.25) is 0 Å². The number of rotatable bonds is 8. The standard InChI is InChI=1S/C26H28N6O4/c1-33-22-17-19(5-7-20(22)34-13-12-31-10-2-3-11-31)28-26-29-24-8-9-27-25(32(24)30-26)18-4-6-21-23(16-18)36-15-14-35-21/h4-9,16-17H,2-3,10-15H2,1H3,(H,28,30). The van der Waals surface area contributed by atoms with Gasteiger partial charge in [-0.1, -0.05) is 0 Å². The first-order valence-electron chi connectivity index (χ1n) is 12.2. The molecule has 2 aliphatic rings. The fraction of sp³-hybridized carbons (Fsp3) is 0.346. The lowest BCUT2D eigenvalue weighted by molar-refractivity contribution is 0.171. The molecule has 0 amide bonds. The number of fused-ring (bicyclic) bond motifs is 2. The number of hydrogen-bond donors (Lipinski definition) is 1. The molecule has 186 valence electrons. The van der Waals surface area contributed by atoms with Gasteiger partial charge in [-0.3, -0.25) is 4.90 Å². The maximum Gasteiger partial charge on any atom is 0.247 e. The molecule has 1 N–H and O–H groups in total. The summed E-state index contributed by atoms with van der Waals surface area (Å²) in [4.78, 5) is 11.6. The lowest BCUT2D eigenvalue weighted by Gasteiger charge is -2.18. The van der Waals surface area contributed by atoms with Crippen LogP contribution in [0.3, 0.4) is 0 Å². The van der Waals surface area contributed by atoms with Crippen molar-refractivity contribution in [3.05, 3.63) is 48.7 Å². The van der Waals surface area contributed by atoms with Gasteiger partial charge in [0.2, 0.25) is 5.95 Å². The predicted octanol–water partition coefficient (Wildman–Crippen LogP) is 3.79. The molecule has 2 aromatic heterocycles. The first kappa shape index (κ1) is 22.4. The molecular weight excluding hydrogens is 460 g/mol. The molecule has 2 aliphatic heterocycles. The fourth-order valence-electron chi connectivity index (χ4n) is 4.53. The van der Waals surface area contributed by atoms with Crippen molar-refractivity contribution >= 4 is 17.3 Å². The number of ether oxygens (including phenoxy) is 4. The molecule has 4 aromatic rings. The van der Waals surface area contributed by atoms with E-state index in [0.717, 1.165) is 42.4 Å². The summed E-state index contributed by atoms with van der Waals surface area (Å²) in [5.41, 5.74) is 2.33. The second-order valence-electron chi connectivity index (χ2n) is 8.72. The highest BCUT2D eigenvalue weighted by Crippen LogP contribution is 2.34. The summed E-state index contributed by atoms with van der Waals surface area (Å²) in [6.07, 6.45) is 4.27. The van der Waals surface area contributed by atoms with E-state index in [0.29, 0.717) is 48.7 Å².